The number of carbonyl (C=O) groups is 3. The number of esters is 1. The van der Waals surface area contributed by atoms with Crippen molar-refractivity contribution in [3.63, 3.8) is 0 Å². The van der Waals surface area contributed by atoms with E-state index >= 15 is 0 Å². The van der Waals surface area contributed by atoms with Crippen molar-refractivity contribution in [1.82, 2.24) is 4.90 Å². The fourth-order valence-electron chi connectivity index (χ4n) is 2.76. The van der Waals surface area contributed by atoms with Gasteiger partial charge in [-0.3, -0.25) is 4.79 Å². The molecule has 1 fully saturated rings. The number of amides is 2. The van der Waals surface area contributed by atoms with Gasteiger partial charge in [-0.2, -0.15) is 0 Å². The first-order valence-electron chi connectivity index (χ1n) is 9.32. The fraction of sp³-hybridized carbons (Fsp3) is 0.842. The van der Waals surface area contributed by atoms with Crippen molar-refractivity contribution in [2.75, 3.05) is 6.61 Å². The van der Waals surface area contributed by atoms with Gasteiger partial charge in [0, 0.05) is 13.0 Å². The Morgan fingerprint density at radius 1 is 1.35 bits per heavy atom. The van der Waals surface area contributed by atoms with Crippen LogP contribution in [0.4, 0.5) is 4.79 Å². The molecule has 2 unspecified atom stereocenters. The minimum absolute atomic E-state index is 0.00911. The second-order valence-corrected chi connectivity index (χ2v) is 8.27. The maximum atomic E-state index is 12.5. The molecule has 0 bridgehead atoms. The van der Waals surface area contributed by atoms with Gasteiger partial charge in [-0.15, -0.1) is 0 Å². The van der Waals surface area contributed by atoms with Crippen molar-refractivity contribution in [2.45, 2.75) is 91.1 Å². The normalized spacial score (nSPS) is 24.9. The Kier molecular flexibility index (Phi) is 8.53. The van der Waals surface area contributed by atoms with Crippen LogP contribution >= 0.6 is 0 Å². The van der Waals surface area contributed by atoms with Gasteiger partial charge in [0.2, 0.25) is 6.41 Å². The summed E-state index contributed by atoms with van der Waals surface area (Å²) >= 11 is 0. The number of nitrogens with zero attached hydrogens (tertiary/aromatic N) is 1. The summed E-state index contributed by atoms with van der Waals surface area (Å²) < 4.78 is 16.6. The maximum Gasteiger partial charge on any atom is 0.417 e. The van der Waals surface area contributed by atoms with E-state index in [1.165, 1.54) is 0 Å². The van der Waals surface area contributed by atoms with Gasteiger partial charge in [0.1, 0.15) is 17.7 Å². The fourth-order valence-corrected chi connectivity index (χ4v) is 2.76. The molecule has 0 aromatic rings. The Labute approximate surface area is 156 Å². The summed E-state index contributed by atoms with van der Waals surface area (Å²) in [5.74, 6) is -0.161. The van der Waals surface area contributed by atoms with E-state index in [1.807, 2.05) is 0 Å². The van der Waals surface area contributed by atoms with Crippen molar-refractivity contribution < 1.29 is 28.6 Å². The van der Waals surface area contributed by atoms with Crippen LogP contribution in [-0.4, -0.2) is 53.8 Å². The molecule has 7 nitrogen and oxygen atoms in total. The molecule has 0 N–H and O–H groups in total. The number of hydrogen-bond donors (Lipinski definition) is 0. The number of rotatable bonds is 5. The van der Waals surface area contributed by atoms with Gasteiger partial charge in [0.15, 0.2) is 0 Å². The van der Waals surface area contributed by atoms with Crippen LogP contribution in [0.25, 0.3) is 0 Å². The quantitative estimate of drug-likeness (QED) is 0.545. The molecular formula is C19H33NO6. The van der Waals surface area contributed by atoms with E-state index in [0.717, 1.165) is 11.3 Å². The Balaban J connectivity index is 2.84. The number of cyclic esters (lactones) is 1. The summed E-state index contributed by atoms with van der Waals surface area (Å²) in [7, 11) is 0. The summed E-state index contributed by atoms with van der Waals surface area (Å²) in [6.07, 6.45) is 1.44. The largest absolute Gasteiger partial charge is 0.461 e. The molecule has 0 aliphatic carbocycles. The molecule has 150 valence electrons. The summed E-state index contributed by atoms with van der Waals surface area (Å²) in [6, 6.07) is -0.978. The van der Waals surface area contributed by atoms with E-state index in [-0.39, 0.29) is 12.2 Å². The van der Waals surface area contributed by atoms with Gasteiger partial charge in [0.25, 0.3) is 0 Å². The topological polar surface area (TPSA) is 82.1 Å². The zero-order valence-electron chi connectivity index (χ0n) is 16.8. The molecule has 1 rings (SSSR count). The molecule has 26 heavy (non-hydrogen) atoms. The first kappa shape index (κ1) is 22.4. The van der Waals surface area contributed by atoms with Crippen molar-refractivity contribution >= 4 is 18.5 Å². The molecule has 0 aromatic carbocycles. The monoisotopic (exact) mass is 371 g/mol. The lowest BCUT2D eigenvalue weighted by Gasteiger charge is -2.28. The van der Waals surface area contributed by atoms with Gasteiger partial charge in [-0.05, 0) is 52.9 Å². The molecule has 3 atom stereocenters. The number of ether oxygens (including phenoxy) is 3. The Morgan fingerprint density at radius 3 is 2.54 bits per heavy atom. The molecule has 1 heterocycles. The predicted molar refractivity (Wildman–Crippen MR) is 96.5 cm³/mol. The lowest BCUT2D eigenvalue weighted by atomic mass is 10.0. The average molecular weight is 371 g/mol. The summed E-state index contributed by atoms with van der Waals surface area (Å²) in [5, 5.41) is 0. The molecule has 1 aliphatic heterocycles. The van der Waals surface area contributed by atoms with Crippen molar-refractivity contribution in [3.05, 3.63) is 0 Å². The number of carbonyl (C=O) groups excluding carboxylic acids is 3. The van der Waals surface area contributed by atoms with E-state index in [1.54, 1.807) is 27.7 Å². The highest BCUT2D eigenvalue weighted by Gasteiger charge is 2.36. The van der Waals surface area contributed by atoms with Crippen molar-refractivity contribution in [2.24, 2.45) is 5.92 Å². The SMILES string of the molecule is CC(C)COC1CCC[C@H](N(C=O)C(=O)OC(C)(C)C)C(=O)OC(C)C1. The molecule has 7 heteroatoms. The van der Waals surface area contributed by atoms with Crippen LogP contribution in [0.3, 0.4) is 0 Å². The van der Waals surface area contributed by atoms with Crippen LogP contribution in [0.1, 0.15) is 67.2 Å². The molecule has 1 saturated heterocycles. The van der Waals surface area contributed by atoms with Crippen molar-refractivity contribution in [1.29, 1.82) is 0 Å². The molecule has 0 radical (unpaired) electrons. The zero-order valence-corrected chi connectivity index (χ0v) is 16.8. The van der Waals surface area contributed by atoms with Gasteiger partial charge < -0.3 is 14.2 Å². The van der Waals surface area contributed by atoms with Gasteiger partial charge in [-0.25, -0.2) is 14.5 Å². The van der Waals surface area contributed by atoms with E-state index in [2.05, 4.69) is 13.8 Å². The van der Waals surface area contributed by atoms with Crippen molar-refractivity contribution in [3.8, 4) is 0 Å². The zero-order chi connectivity index (χ0) is 19.9. The molecule has 0 saturated carbocycles. The summed E-state index contributed by atoms with van der Waals surface area (Å²) in [4.78, 5) is 37.1. The average Bonchev–Trinajstić information content (AvgIpc) is 2.54. The molecule has 2 amide bonds. The standard InChI is InChI=1S/C19H33NO6/c1-13(2)11-24-15-8-7-9-16(17(22)25-14(3)10-15)20(12-21)18(23)26-19(4,5)6/h12-16H,7-11H2,1-6H3/t14?,15?,16-/m0/s1. The van der Waals surface area contributed by atoms with Gasteiger partial charge >= 0.3 is 12.1 Å². The minimum Gasteiger partial charge on any atom is -0.461 e. The highest BCUT2D eigenvalue weighted by Crippen LogP contribution is 2.22. The molecule has 0 spiro atoms. The lowest BCUT2D eigenvalue weighted by molar-refractivity contribution is -0.157. The lowest BCUT2D eigenvalue weighted by Crippen LogP contribution is -2.47. The first-order chi connectivity index (χ1) is 12.0. The minimum atomic E-state index is -0.978. The Hall–Kier alpha value is -1.63. The molecule has 0 aromatic heterocycles. The van der Waals surface area contributed by atoms with Crippen LogP contribution < -0.4 is 0 Å². The second kappa shape index (κ2) is 9.90. The van der Waals surface area contributed by atoms with Gasteiger partial charge in [-0.1, -0.05) is 13.8 Å². The smallest absolute Gasteiger partial charge is 0.417 e. The second-order valence-electron chi connectivity index (χ2n) is 8.27. The number of hydrogen-bond acceptors (Lipinski definition) is 6. The third-order valence-electron chi connectivity index (χ3n) is 3.91. The predicted octanol–water partition coefficient (Wildman–Crippen LogP) is 3.30. The third-order valence-corrected chi connectivity index (χ3v) is 3.91. The van der Waals surface area contributed by atoms with E-state index in [9.17, 15) is 14.4 Å². The van der Waals surface area contributed by atoms with Crippen LogP contribution in [0, 0.1) is 5.92 Å². The first-order valence-corrected chi connectivity index (χ1v) is 9.32. The van der Waals surface area contributed by atoms with Crippen LogP contribution in [0.15, 0.2) is 0 Å². The van der Waals surface area contributed by atoms with Crippen LogP contribution in [-0.2, 0) is 23.8 Å². The summed E-state index contributed by atoms with van der Waals surface area (Å²) in [5.41, 5.74) is -0.760. The number of imide groups is 1. The van der Waals surface area contributed by atoms with Crippen LogP contribution in [0.5, 0.6) is 0 Å². The van der Waals surface area contributed by atoms with E-state index in [4.69, 9.17) is 14.2 Å². The van der Waals surface area contributed by atoms with Crippen LogP contribution in [0.2, 0.25) is 0 Å². The Morgan fingerprint density at radius 2 is 2.00 bits per heavy atom. The summed E-state index contributed by atoms with van der Waals surface area (Å²) in [6.45, 7) is 11.7. The maximum absolute atomic E-state index is 12.5. The molecule has 1 aliphatic rings. The molecular weight excluding hydrogens is 338 g/mol. The van der Waals surface area contributed by atoms with E-state index < -0.39 is 23.7 Å². The highest BCUT2D eigenvalue weighted by molar-refractivity contribution is 5.89. The van der Waals surface area contributed by atoms with Gasteiger partial charge in [0.05, 0.1) is 6.10 Å². The highest BCUT2D eigenvalue weighted by atomic mass is 16.6. The Bertz CT molecular complexity index is 485. The third kappa shape index (κ3) is 7.72. The van der Waals surface area contributed by atoms with E-state index in [0.29, 0.717) is 38.2 Å².